The van der Waals surface area contributed by atoms with Gasteiger partial charge in [0.05, 0.1) is 27.1 Å². The Labute approximate surface area is 836 Å². The lowest BCUT2D eigenvalue weighted by molar-refractivity contribution is 0.762. The molecule has 0 aliphatic heterocycles. The predicted molar refractivity (Wildman–Crippen MR) is 593 cm³/mol. The minimum atomic E-state index is -0.343. The lowest BCUT2D eigenvalue weighted by atomic mass is 9.67. The Morgan fingerprint density at radius 1 is 0.120 bits per heavy atom. The van der Waals surface area contributed by atoms with Gasteiger partial charge in [0, 0.05) is 0 Å². The highest BCUT2D eigenvalue weighted by molar-refractivity contribution is 5.94. The summed E-state index contributed by atoms with van der Waals surface area (Å²) in [5.41, 5.74) is 50.4. The van der Waals surface area contributed by atoms with E-state index in [0.717, 1.165) is 0 Å². The van der Waals surface area contributed by atoms with Crippen molar-refractivity contribution in [2.75, 3.05) is 0 Å². The third kappa shape index (κ3) is 14.6. The molecular formula is C142H108. The maximum atomic E-state index is 2.42. The molecule has 0 heteroatoms. The molecule has 0 spiro atoms. The van der Waals surface area contributed by atoms with E-state index in [1.807, 2.05) is 0 Å². The van der Waals surface area contributed by atoms with E-state index in [-0.39, 0.29) is 27.1 Å². The monoisotopic (exact) mass is 1810 g/mol. The van der Waals surface area contributed by atoms with Gasteiger partial charge in [-0.05, 0) is 247 Å². The summed E-state index contributed by atoms with van der Waals surface area (Å²) in [4.78, 5) is 0. The van der Waals surface area contributed by atoms with Gasteiger partial charge in [0.1, 0.15) is 0 Å². The standard InChI is InChI=1S/2C32H24.3C26H20/c1-23-17-19-28-29-20-18-25(24-11-5-2-6-12-24)22-31(29)32(30(28)21-23,26-13-7-3-8-14-26)27-15-9-4-10-16-27;1-23-16-18-24(19-17-23)25-20-21-29-28-14-8-9-15-30(28)32(31(29)22-25,26-10-4-2-5-11-26)27-12-6-3-7-13-27;1-19-11-10-17-23-22-16-8-9-18-24(22)26(25(19)23,20-12-4-2-5-13-20)21-14-6-3-7-15-21;1-19-11-10-18-24-25(19)22-16-8-9-17-23(22)26(24,20-12-4-2-5-13-20)21-14-6-3-7-15-21;1-19-16-17-25-23(18-19)22-14-8-9-15-24(22)26(25,20-10-4-2-5-11-20)21-12-6-3-7-13-21/h2*2-22H,1H3;3*2-18H,1H3. The van der Waals surface area contributed by atoms with Crippen LogP contribution in [-0.2, 0) is 27.1 Å². The van der Waals surface area contributed by atoms with Gasteiger partial charge in [-0.15, -0.1) is 0 Å². The van der Waals surface area contributed by atoms with Crippen LogP contribution in [0.2, 0.25) is 0 Å². The van der Waals surface area contributed by atoms with E-state index in [2.05, 4.69) is 599 Å². The molecule has 0 bridgehead atoms. The molecule has 0 amide bonds. The molecular weight excluding hydrogens is 1710 g/mol. The Balaban J connectivity index is 0.0000000990. The summed E-state index contributed by atoms with van der Waals surface area (Å²) >= 11 is 0. The Hall–Kier alpha value is -17.2. The summed E-state index contributed by atoms with van der Waals surface area (Å²) in [6, 6.07) is 206. The molecule has 0 saturated carbocycles. The molecule has 0 radical (unpaired) electrons. The Morgan fingerprint density at radius 3 is 0.761 bits per heavy atom. The molecule has 0 N–H and O–H groups in total. The fraction of sp³-hybridized carbons (Fsp3) is 0.0704. The van der Waals surface area contributed by atoms with Crippen LogP contribution in [0.15, 0.2) is 564 Å². The topological polar surface area (TPSA) is 0 Å². The van der Waals surface area contributed by atoms with Gasteiger partial charge in [-0.1, -0.05) is 569 Å². The fourth-order valence-corrected chi connectivity index (χ4v) is 24.7. The first-order chi connectivity index (χ1) is 70.0. The molecule has 22 aromatic rings. The molecule has 27 rings (SSSR count). The summed E-state index contributed by atoms with van der Waals surface area (Å²) in [6.07, 6.45) is 0. The van der Waals surface area contributed by atoms with Gasteiger partial charge < -0.3 is 0 Å². The molecule has 0 heterocycles. The quantitative estimate of drug-likeness (QED) is 0.114. The highest BCUT2D eigenvalue weighted by Gasteiger charge is 2.52. The molecule has 0 fully saturated rings. The molecule has 676 valence electrons. The van der Waals surface area contributed by atoms with E-state index in [1.54, 1.807) is 0 Å². The number of hydrogen-bond donors (Lipinski definition) is 0. The lowest BCUT2D eigenvalue weighted by Gasteiger charge is -2.34. The van der Waals surface area contributed by atoms with E-state index < -0.39 is 0 Å². The average Bonchev–Trinajstić information content (AvgIpc) is 1.56. The second-order valence-electron chi connectivity index (χ2n) is 38.4. The molecule has 0 atom stereocenters. The SMILES string of the molecule is Cc1ccc(-c2ccc3c(c2)C(c2ccccc2)(c2ccccc2)c2ccccc2-3)cc1.Cc1ccc2c(c1)-c1ccccc1C2(c1ccccc1)c1ccccc1.Cc1ccc2c(c1)C(c1ccccc1)(c1ccccc1)c1cc(-c3ccccc3)ccc1-2.Cc1cccc2c1-c1ccccc1C2(c1ccccc1)c1ccccc1.Cc1cccc2c1C(c1ccccc1)(c1ccccc1)c1ccccc1-2. The van der Waals surface area contributed by atoms with Gasteiger partial charge in [0.2, 0.25) is 0 Å². The molecule has 5 aliphatic rings. The van der Waals surface area contributed by atoms with Crippen LogP contribution in [0.4, 0.5) is 0 Å². The van der Waals surface area contributed by atoms with E-state index in [4.69, 9.17) is 0 Å². The summed E-state index contributed by atoms with van der Waals surface area (Å²) in [5.74, 6) is 0. The van der Waals surface area contributed by atoms with E-state index in [0.29, 0.717) is 0 Å². The number of rotatable bonds is 12. The zero-order chi connectivity index (χ0) is 95.8. The van der Waals surface area contributed by atoms with Crippen molar-refractivity contribution in [3.63, 3.8) is 0 Å². The van der Waals surface area contributed by atoms with Crippen LogP contribution < -0.4 is 0 Å². The third-order valence-electron chi connectivity index (χ3n) is 30.6. The van der Waals surface area contributed by atoms with Crippen LogP contribution in [0.1, 0.15) is 139 Å². The van der Waals surface area contributed by atoms with E-state index in [1.165, 1.54) is 217 Å². The number of benzene rings is 22. The third-order valence-corrected chi connectivity index (χ3v) is 30.6. The van der Waals surface area contributed by atoms with Gasteiger partial charge in [0.15, 0.2) is 0 Å². The summed E-state index contributed by atoms with van der Waals surface area (Å²) in [5, 5.41) is 0. The molecule has 5 aliphatic carbocycles. The Morgan fingerprint density at radius 2 is 0.352 bits per heavy atom. The van der Waals surface area contributed by atoms with Gasteiger partial charge in [-0.3, -0.25) is 0 Å². The maximum Gasteiger partial charge on any atom is 0.0716 e. The van der Waals surface area contributed by atoms with Crippen molar-refractivity contribution in [1.29, 1.82) is 0 Å². The van der Waals surface area contributed by atoms with Crippen LogP contribution >= 0.6 is 0 Å². The van der Waals surface area contributed by atoms with E-state index >= 15 is 0 Å². The molecule has 0 saturated heterocycles. The van der Waals surface area contributed by atoms with Crippen molar-refractivity contribution >= 4 is 0 Å². The highest BCUT2D eigenvalue weighted by atomic mass is 14.5. The second kappa shape index (κ2) is 37.6. The molecule has 22 aromatic carbocycles. The fourth-order valence-electron chi connectivity index (χ4n) is 24.7. The number of fused-ring (bicyclic) bond motifs is 15. The average molecular weight is 1810 g/mol. The van der Waals surface area contributed by atoms with Crippen molar-refractivity contribution in [3.8, 4) is 77.9 Å². The molecule has 0 nitrogen and oxygen atoms in total. The van der Waals surface area contributed by atoms with Crippen molar-refractivity contribution in [1.82, 2.24) is 0 Å². The first-order valence-corrected chi connectivity index (χ1v) is 49.8. The van der Waals surface area contributed by atoms with Crippen LogP contribution in [0.25, 0.3) is 77.9 Å². The van der Waals surface area contributed by atoms with Crippen molar-refractivity contribution in [3.05, 3.63) is 703 Å². The molecule has 0 aromatic heterocycles. The number of hydrogen-bond acceptors (Lipinski definition) is 0. The maximum absolute atomic E-state index is 2.42. The van der Waals surface area contributed by atoms with Gasteiger partial charge in [-0.2, -0.15) is 0 Å². The first-order valence-electron chi connectivity index (χ1n) is 49.8. The zero-order valence-electron chi connectivity index (χ0n) is 80.7. The minimum Gasteiger partial charge on any atom is -0.0622 e. The smallest absolute Gasteiger partial charge is 0.0622 e. The predicted octanol–water partition coefficient (Wildman–Crippen LogP) is 35.1. The van der Waals surface area contributed by atoms with Crippen molar-refractivity contribution < 1.29 is 0 Å². The first kappa shape index (κ1) is 88.8. The van der Waals surface area contributed by atoms with Crippen LogP contribution in [-0.4, -0.2) is 0 Å². The highest BCUT2D eigenvalue weighted by Crippen LogP contribution is 2.63. The summed E-state index contributed by atoms with van der Waals surface area (Å²) < 4.78 is 0. The zero-order valence-corrected chi connectivity index (χ0v) is 80.7. The van der Waals surface area contributed by atoms with Crippen molar-refractivity contribution in [2.45, 2.75) is 61.7 Å². The largest absolute Gasteiger partial charge is 0.0716 e. The number of aryl methyl sites for hydroxylation is 5. The lowest BCUT2D eigenvalue weighted by Crippen LogP contribution is -2.29. The molecule has 142 heavy (non-hydrogen) atoms. The van der Waals surface area contributed by atoms with Crippen molar-refractivity contribution in [2.24, 2.45) is 0 Å². The Kier molecular flexibility index (Phi) is 23.5. The normalized spacial score (nSPS) is 13.7. The summed E-state index contributed by atoms with van der Waals surface area (Å²) in [7, 11) is 0. The second-order valence-corrected chi connectivity index (χ2v) is 38.4. The van der Waals surface area contributed by atoms with Crippen LogP contribution in [0.5, 0.6) is 0 Å². The van der Waals surface area contributed by atoms with E-state index in [9.17, 15) is 0 Å². The Bertz CT molecular complexity index is 8090. The van der Waals surface area contributed by atoms with Crippen LogP contribution in [0.3, 0.4) is 0 Å². The van der Waals surface area contributed by atoms with Crippen LogP contribution in [0, 0.1) is 34.6 Å². The minimum absolute atomic E-state index is 0.262. The summed E-state index contributed by atoms with van der Waals surface area (Å²) in [6.45, 7) is 11.0. The van der Waals surface area contributed by atoms with Gasteiger partial charge in [-0.25, -0.2) is 0 Å². The van der Waals surface area contributed by atoms with Gasteiger partial charge in [0.25, 0.3) is 0 Å². The van der Waals surface area contributed by atoms with Gasteiger partial charge >= 0.3 is 0 Å². The molecule has 0 unspecified atom stereocenters.